The third kappa shape index (κ3) is 5.41. The molecule has 0 saturated carbocycles. The number of nitrogens with zero attached hydrogens (tertiary/aromatic N) is 1. The second-order valence-electron chi connectivity index (χ2n) is 6.59. The van der Waals surface area contributed by atoms with Gasteiger partial charge in [-0.3, -0.25) is 4.79 Å². The fraction of sp³-hybridized carbons (Fsp3) is 0.0870. The number of amides is 1. The van der Waals surface area contributed by atoms with Crippen LogP contribution in [0.1, 0.15) is 13.3 Å². The number of halogens is 2. The van der Waals surface area contributed by atoms with Crippen molar-refractivity contribution in [2.24, 2.45) is 0 Å². The summed E-state index contributed by atoms with van der Waals surface area (Å²) in [6.07, 6.45) is 2.85. The van der Waals surface area contributed by atoms with E-state index in [0.29, 0.717) is 12.1 Å². The first-order valence-corrected chi connectivity index (χ1v) is 10.0. The Kier molecular flexibility index (Phi) is 7.41. The molecule has 0 spiro atoms. The van der Waals surface area contributed by atoms with Crippen molar-refractivity contribution >= 4 is 40.9 Å². The molecule has 1 amide bonds. The molecule has 0 aliphatic heterocycles. The molecule has 0 atom stereocenters. The molecule has 0 fully saturated rings. The molecule has 1 aromatic heterocycles. The summed E-state index contributed by atoms with van der Waals surface area (Å²) in [5.41, 5.74) is 7.32. The van der Waals surface area contributed by atoms with Crippen molar-refractivity contribution in [2.45, 2.75) is 13.3 Å². The molecule has 3 aromatic rings. The maximum absolute atomic E-state index is 14.6. The van der Waals surface area contributed by atoms with Crippen molar-refractivity contribution in [3.8, 4) is 11.5 Å². The summed E-state index contributed by atoms with van der Waals surface area (Å²) >= 11 is 6.02. The van der Waals surface area contributed by atoms with Gasteiger partial charge in [0.1, 0.15) is 10.8 Å². The minimum Gasteiger partial charge on any atom is -0.453 e. The van der Waals surface area contributed by atoms with Crippen molar-refractivity contribution < 1.29 is 13.9 Å². The number of nitrogens with one attached hydrogen (secondary N) is 3. The third-order valence-electron chi connectivity index (χ3n) is 4.43. The summed E-state index contributed by atoms with van der Waals surface area (Å²) in [6, 6.07) is 14.7. The number of hydrogen-bond donors (Lipinski definition) is 4. The van der Waals surface area contributed by atoms with Gasteiger partial charge in [0, 0.05) is 41.6 Å². The number of nitrogens with two attached hydrogens (primary N) is 1. The fourth-order valence-corrected chi connectivity index (χ4v) is 2.98. The molecule has 3 rings (SSSR count). The zero-order chi connectivity index (χ0) is 23.1. The summed E-state index contributed by atoms with van der Waals surface area (Å²) in [5.74, 6) is -1.14. The van der Waals surface area contributed by atoms with Crippen molar-refractivity contribution in [3.63, 3.8) is 0 Å². The molecule has 0 bridgehead atoms. The Balaban J connectivity index is 1.78. The molecular weight excluding hydrogens is 433 g/mol. The smallest absolute Gasteiger partial charge is 0.258 e. The van der Waals surface area contributed by atoms with Gasteiger partial charge in [-0.05, 0) is 30.7 Å². The predicted molar refractivity (Wildman–Crippen MR) is 125 cm³/mol. The lowest BCUT2D eigenvalue weighted by atomic mass is 10.1. The maximum atomic E-state index is 14.6. The zero-order valence-electron chi connectivity index (χ0n) is 17.2. The molecular formula is C23H21ClFN5O2. The number of ether oxygens (including phenoxy) is 1. The molecule has 1 heterocycles. The van der Waals surface area contributed by atoms with Gasteiger partial charge in [-0.15, -0.1) is 0 Å². The van der Waals surface area contributed by atoms with Crippen LogP contribution in [0, 0.1) is 11.2 Å². The van der Waals surface area contributed by atoms with Crippen molar-refractivity contribution in [1.82, 2.24) is 4.98 Å². The Morgan fingerprint density at radius 1 is 1.16 bits per heavy atom. The van der Waals surface area contributed by atoms with E-state index in [4.69, 9.17) is 27.5 Å². The van der Waals surface area contributed by atoms with Crippen LogP contribution in [0.3, 0.4) is 0 Å². The Morgan fingerprint density at radius 3 is 2.56 bits per heavy atom. The van der Waals surface area contributed by atoms with E-state index >= 15 is 0 Å². The SMILES string of the molecule is CC/C(Nc1ccccc1)=C(/C=N)C(=O)Nc1ccc(Oc2ccnc(N)c2Cl)c(F)c1. The lowest BCUT2D eigenvalue weighted by molar-refractivity contribution is -0.112. The molecule has 0 aliphatic carbocycles. The number of carbonyl (C=O) groups is 1. The second-order valence-corrected chi connectivity index (χ2v) is 6.97. The Morgan fingerprint density at radius 2 is 1.91 bits per heavy atom. The minimum atomic E-state index is -0.715. The monoisotopic (exact) mass is 453 g/mol. The first kappa shape index (κ1) is 22.8. The number of pyridine rings is 1. The van der Waals surface area contributed by atoms with Gasteiger partial charge < -0.3 is 26.5 Å². The van der Waals surface area contributed by atoms with E-state index in [0.717, 1.165) is 18.0 Å². The topological polar surface area (TPSA) is 113 Å². The number of hydrogen-bond acceptors (Lipinski definition) is 6. The van der Waals surface area contributed by atoms with Crippen LogP contribution in [0.15, 0.2) is 72.1 Å². The number of allylic oxidation sites excluding steroid dienone is 1. The van der Waals surface area contributed by atoms with E-state index in [1.807, 2.05) is 37.3 Å². The van der Waals surface area contributed by atoms with E-state index in [2.05, 4.69) is 15.6 Å². The van der Waals surface area contributed by atoms with Crippen LogP contribution in [0.4, 0.5) is 21.6 Å². The summed E-state index contributed by atoms with van der Waals surface area (Å²) < 4.78 is 20.1. The lowest BCUT2D eigenvalue weighted by Gasteiger charge is -2.14. The van der Waals surface area contributed by atoms with Crippen LogP contribution >= 0.6 is 11.6 Å². The van der Waals surface area contributed by atoms with E-state index in [9.17, 15) is 9.18 Å². The number of para-hydroxylation sites is 1. The molecule has 164 valence electrons. The summed E-state index contributed by atoms with van der Waals surface area (Å²) in [7, 11) is 0. The lowest BCUT2D eigenvalue weighted by Crippen LogP contribution is -2.19. The molecule has 0 saturated heterocycles. The highest BCUT2D eigenvalue weighted by molar-refractivity contribution is 6.34. The van der Waals surface area contributed by atoms with Crippen LogP contribution in [0.5, 0.6) is 11.5 Å². The van der Waals surface area contributed by atoms with Gasteiger partial charge in [-0.25, -0.2) is 9.37 Å². The average Bonchev–Trinajstić information content (AvgIpc) is 2.79. The summed E-state index contributed by atoms with van der Waals surface area (Å²) in [6.45, 7) is 1.87. The van der Waals surface area contributed by atoms with Gasteiger partial charge >= 0.3 is 0 Å². The Hall–Kier alpha value is -3.91. The van der Waals surface area contributed by atoms with Gasteiger partial charge in [0.2, 0.25) is 0 Å². The number of rotatable bonds is 8. The Labute approximate surface area is 189 Å². The summed E-state index contributed by atoms with van der Waals surface area (Å²) in [4.78, 5) is 16.6. The highest BCUT2D eigenvalue weighted by Gasteiger charge is 2.15. The number of carbonyl (C=O) groups excluding carboxylic acids is 1. The van der Waals surface area contributed by atoms with Crippen LogP contribution in [0.2, 0.25) is 5.02 Å². The first-order valence-electron chi connectivity index (χ1n) is 9.67. The number of nitrogen functional groups attached to an aromatic ring is 1. The highest BCUT2D eigenvalue weighted by atomic mass is 35.5. The van der Waals surface area contributed by atoms with Crippen LogP contribution in [0.25, 0.3) is 0 Å². The normalized spacial score (nSPS) is 11.3. The molecule has 7 nitrogen and oxygen atoms in total. The van der Waals surface area contributed by atoms with E-state index in [1.54, 1.807) is 0 Å². The van der Waals surface area contributed by atoms with Crippen LogP contribution in [-0.4, -0.2) is 17.1 Å². The third-order valence-corrected chi connectivity index (χ3v) is 4.81. The molecule has 5 N–H and O–H groups in total. The van der Waals surface area contributed by atoms with Gasteiger partial charge in [0.15, 0.2) is 17.3 Å². The van der Waals surface area contributed by atoms with E-state index in [-0.39, 0.29) is 33.6 Å². The molecule has 0 radical (unpaired) electrons. The standard InChI is InChI=1S/C23H21ClFN5O2/c1-2-18(29-14-6-4-3-5-7-14)16(13-26)23(31)30-15-8-9-19(17(25)12-15)32-20-10-11-28-22(27)21(20)24/h3-13,26,29H,2H2,1H3,(H2,27,28)(H,30,31)/b18-16+,26-13?. The van der Waals surface area contributed by atoms with Crippen molar-refractivity contribution in [3.05, 3.63) is 82.9 Å². The quantitative estimate of drug-likeness (QED) is 0.261. The number of benzene rings is 2. The number of aromatic nitrogens is 1. The van der Waals surface area contributed by atoms with Crippen molar-refractivity contribution in [2.75, 3.05) is 16.4 Å². The average molecular weight is 454 g/mol. The second kappa shape index (κ2) is 10.4. The van der Waals surface area contributed by atoms with Crippen LogP contribution < -0.4 is 21.1 Å². The van der Waals surface area contributed by atoms with Gasteiger partial charge in [-0.1, -0.05) is 36.7 Å². The molecule has 32 heavy (non-hydrogen) atoms. The molecule has 9 heteroatoms. The highest BCUT2D eigenvalue weighted by Crippen LogP contribution is 2.34. The molecule has 0 aliphatic rings. The van der Waals surface area contributed by atoms with Crippen LogP contribution in [-0.2, 0) is 4.79 Å². The predicted octanol–water partition coefficient (Wildman–Crippen LogP) is 5.61. The number of anilines is 3. The largest absolute Gasteiger partial charge is 0.453 e. The fourth-order valence-electron chi connectivity index (χ4n) is 2.83. The summed E-state index contributed by atoms with van der Waals surface area (Å²) in [5, 5.41) is 13.5. The molecule has 0 unspecified atom stereocenters. The van der Waals surface area contributed by atoms with Crippen molar-refractivity contribution in [1.29, 1.82) is 5.41 Å². The Bertz CT molecular complexity index is 1170. The van der Waals surface area contributed by atoms with E-state index in [1.165, 1.54) is 24.4 Å². The van der Waals surface area contributed by atoms with Gasteiger partial charge in [0.05, 0.1) is 5.57 Å². The minimum absolute atomic E-state index is 0.0651. The first-order chi connectivity index (χ1) is 15.4. The van der Waals surface area contributed by atoms with Gasteiger partial charge in [0.25, 0.3) is 5.91 Å². The van der Waals surface area contributed by atoms with E-state index < -0.39 is 11.7 Å². The maximum Gasteiger partial charge on any atom is 0.258 e. The molecule has 2 aromatic carbocycles. The zero-order valence-corrected chi connectivity index (χ0v) is 17.9. The van der Waals surface area contributed by atoms with Gasteiger partial charge in [-0.2, -0.15) is 0 Å².